The summed E-state index contributed by atoms with van der Waals surface area (Å²) in [5.74, 6) is -0.643. The molecule has 3 N–H and O–H groups in total. The van der Waals surface area contributed by atoms with Crippen LogP contribution in [0.1, 0.15) is 30.6 Å². The Morgan fingerprint density at radius 3 is 1.84 bits per heavy atom. The summed E-state index contributed by atoms with van der Waals surface area (Å²) >= 11 is 0. The zero-order chi connectivity index (χ0) is 25.7. The molecular formula is C23H33Fm2N3O9-2. The maximum Gasteiger partial charge on any atom is 0.308 e. The number of benzene rings is 1. The van der Waals surface area contributed by atoms with E-state index < -0.39 is 0 Å². The van der Waals surface area contributed by atoms with Gasteiger partial charge >= 0.3 is 5.97 Å². The number of nitrogens with one attached hydrogen (secondary N) is 3. The summed E-state index contributed by atoms with van der Waals surface area (Å²) < 4.78 is 26.4. The smallest absolute Gasteiger partial charge is 0.308 e. The van der Waals surface area contributed by atoms with Gasteiger partial charge in [0.2, 0.25) is 5.91 Å². The van der Waals surface area contributed by atoms with Crippen molar-refractivity contribution in [3.8, 4) is 0 Å². The van der Waals surface area contributed by atoms with Crippen LogP contribution in [0.3, 0.4) is 0 Å². The van der Waals surface area contributed by atoms with Gasteiger partial charge in [0.05, 0.1) is 78.2 Å². The van der Waals surface area contributed by atoms with Crippen molar-refractivity contribution in [1.82, 2.24) is 5.32 Å². The fourth-order valence-corrected chi connectivity index (χ4v) is 2.59. The van der Waals surface area contributed by atoms with Gasteiger partial charge in [-0.15, -0.1) is 12.1 Å². The average molecular weight is 1010 g/mol. The van der Waals surface area contributed by atoms with Gasteiger partial charge in [0, 0.05) is 12.1 Å². The number of carbonyl (C=O) groups excluding carboxylic acids is 4. The molecular weight excluding hydrogens is 976 g/mol. The van der Waals surface area contributed by atoms with Gasteiger partial charge in [-0.1, -0.05) is 6.07 Å². The molecule has 1 aromatic rings. The van der Waals surface area contributed by atoms with Crippen LogP contribution in [0.4, 0.5) is 11.4 Å². The number of carbonyl (C=O) groups is 2. The van der Waals surface area contributed by atoms with Crippen molar-refractivity contribution in [3.63, 3.8) is 0 Å². The summed E-state index contributed by atoms with van der Waals surface area (Å²) in [6.45, 7) is 6.80. The first-order chi connectivity index (χ1) is 17.0. The van der Waals surface area contributed by atoms with Crippen LogP contribution >= 0.6 is 0 Å². The van der Waals surface area contributed by atoms with Crippen LogP contribution < -0.4 is 16.0 Å². The Balaban J connectivity index is 0. The van der Waals surface area contributed by atoms with E-state index in [0.29, 0.717) is 64.1 Å². The molecule has 0 saturated heterocycles. The number of esters is 1. The summed E-state index contributed by atoms with van der Waals surface area (Å²) in [5.41, 5.74) is 0.814. The number of rotatable bonds is 21. The number of anilines is 2. The number of amides is 3. The summed E-state index contributed by atoms with van der Waals surface area (Å²) in [5, 5.41) is 7.27. The molecule has 0 atom stereocenters. The molecule has 14 heteroatoms. The van der Waals surface area contributed by atoms with Gasteiger partial charge in [-0.25, -0.2) is 0 Å². The quantitative estimate of drug-likeness (QED) is 0.0704. The van der Waals surface area contributed by atoms with Gasteiger partial charge in [-0.05, 0) is 13.8 Å². The van der Waals surface area contributed by atoms with Gasteiger partial charge in [0.25, 0.3) is 0 Å². The van der Waals surface area contributed by atoms with E-state index in [-0.39, 0.29) is 36.6 Å². The molecule has 0 spiro atoms. The van der Waals surface area contributed by atoms with E-state index in [4.69, 9.17) is 23.7 Å². The third-order valence-corrected chi connectivity index (χ3v) is 4.12. The molecule has 1 aromatic carbocycles. The van der Waals surface area contributed by atoms with Gasteiger partial charge < -0.3 is 49.2 Å². The van der Waals surface area contributed by atoms with Crippen molar-refractivity contribution < 1.29 is 42.9 Å². The van der Waals surface area contributed by atoms with Crippen LogP contribution in [-0.2, 0) is 38.1 Å². The summed E-state index contributed by atoms with van der Waals surface area (Å²) in [7, 11) is 0. The summed E-state index contributed by atoms with van der Waals surface area (Å²) in [6, 6.07) is 4.38. The van der Waals surface area contributed by atoms with Crippen molar-refractivity contribution in [2.24, 2.45) is 0 Å². The molecule has 0 heterocycles. The Labute approximate surface area is 204 Å². The van der Waals surface area contributed by atoms with E-state index in [9.17, 15) is 19.2 Å². The van der Waals surface area contributed by atoms with E-state index in [1.54, 1.807) is 13.8 Å². The monoisotopic (exact) mass is 1010 g/mol. The minimum Gasteiger partial charge on any atom is -0.503 e. The maximum absolute atomic E-state index is 12.2. The van der Waals surface area contributed by atoms with Crippen molar-refractivity contribution in [2.75, 3.05) is 70.0 Å². The molecule has 0 unspecified atom stereocenters. The molecule has 3 amide bonds. The van der Waals surface area contributed by atoms with Crippen LogP contribution in [0, 0.1) is 0 Å². The molecule has 0 saturated carbocycles. The molecule has 0 radical (unpaired) electrons. The van der Waals surface area contributed by atoms with E-state index in [1.165, 1.54) is 31.0 Å². The van der Waals surface area contributed by atoms with Crippen LogP contribution in [0.15, 0.2) is 18.2 Å². The standard InChI is InChI=1S/C23H33N3O9.2Fm/c1-18(2)35-22(29)5-7-31-9-11-33-13-14-34-12-10-32-8-6-24-23(30)19-3-4-20(25-16-27)21(15-19)26-17-28;;/h3-4,15,18H,5-14H2,1-2H3,(H,24,30)(H,25,27)(H,26,28);;/q-2;;. The Bertz CT molecular complexity index is 786. The topological polar surface area (TPSA) is 151 Å². The predicted octanol–water partition coefficient (Wildman–Crippen LogP) is 0.783. The SMILES string of the molecule is CC(C)OC(=O)CCOCCOCCOCCOCCNC(=O)c1ccc(N[C-]=O)c(N[C-]=O)c1.[Fm].[Fm]. The molecule has 12 nitrogen and oxygen atoms in total. The summed E-state index contributed by atoms with van der Waals surface area (Å²) in [4.78, 5) is 44.5. The predicted molar refractivity (Wildman–Crippen MR) is 127 cm³/mol. The van der Waals surface area contributed by atoms with Crippen molar-refractivity contribution >= 4 is 36.1 Å². The van der Waals surface area contributed by atoms with Crippen LogP contribution in [0.5, 0.6) is 0 Å². The first-order valence-corrected chi connectivity index (χ1v) is 11.2. The normalized spacial score (nSPS) is 10.0. The van der Waals surface area contributed by atoms with Crippen LogP contribution in [0.2, 0.25) is 0 Å². The average Bonchev–Trinajstić information content (AvgIpc) is 2.82. The number of ether oxygens (including phenoxy) is 5. The van der Waals surface area contributed by atoms with Gasteiger partial charge in [0.15, 0.2) is 0 Å². The van der Waals surface area contributed by atoms with E-state index in [1.807, 2.05) is 0 Å². The van der Waals surface area contributed by atoms with Crippen LogP contribution in [0.25, 0.3) is 0 Å². The Morgan fingerprint density at radius 1 is 0.784 bits per heavy atom. The Kier molecular flexibility index (Phi) is 19.8. The number of hydrogen-bond donors (Lipinski definition) is 3. The van der Waals surface area contributed by atoms with Gasteiger partial charge in [-0.2, -0.15) is 11.4 Å². The van der Waals surface area contributed by atoms with E-state index >= 15 is 0 Å². The molecule has 0 fully saturated rings. The Hall–Kier alpha value is -5.06. The molecule has 1 rings (SSSR count). The third kappa shape index (κ3) is 16.2. The second-order valence-electron chi connectivity index (χ2n) is 7.21. The minimum absolute atomic E-state index is 0. The zero-order valence-electron chi connectivity index (χ0n) is 20.6. The first kappa shape index (κ1) is 34.1. The fraction of sp³-hybridized carbons (Fsp3) is 0.565. The molecule has 0 aliphatic heterocycles. The van der Waals surface area contributed by atoms with E-state index in [2.05, 4.69) is 16.0 Å². The molecule has 0 bridgehead atoms. The van der Waals surface area contributed by atoms with Gasteiger partial charge in [-0.3, -0.25) is 9.59 Å². The third-order valence-electron chi connectivity index (χ3n) is 4.12. The number of hydrogen-bond acceptors (Lipinski definition) is 9. The van der Waals surface area contributed by atoms with Crippen molar-refractivity contribution in [2.45, 2.75) is 26.4 Å². The molecule has 220 valence electrons. The van der Waals surface area contributed by atoms with Crippen molar-refractivity contribution in [3.05, 3.63) is 23.8 Å². The fourth-order valence-electron chi connectivity index (χ4n) is 2.59. The van der Waals surface area contributed by atoms with E-state index in [0.717, 1.165) is 0 Å². The second-order valence-corrected chi connectivity index (χ2v) is 7.21. The molecule has 0 aromatic heterocycles. The minimum atomic E-state index is -0.364. The second kappa shape index (κ2) is 21.5. The summed E-state index contributed by atoms with van der Waals surface area (Å²) in [6.07, 6.45) is 3.09. The molecule has 0 aliphatic rings. The zero-order valence-corrected chi connectivity index (χ0v) is 25.4. The first-order valence-electron chi connectivity index (χ1n) is 11.2. The van der Waals surface area contributed by atoms with Gasteiger partial charge in [0.1, 0.15) is 0 Å². The molecule has 37 heavy (non-hydrogen) atoms. The maximum atomic E-state index is 12.2. The Morgan fingerprint density at radius 2 is 1.30 bits per heavy atom. The molecule has 0 aliphatic carbocycles. The largest absolute Gasteiger partial charge is 0.503 e. The van der Waals surface area contributed by atoms with Crippen LogP contribution in [-0.4, -0.2) is 90.2 Å². The van der Waals surface area contributed by atoms with Crippen molar-refractivity contribution in [1.29, 1.82) is 0 Å².